The number of aromatic nitrogens is 2. The SMILES string of the molecule is C/C=C/N(c1ncnc(NC(=O)NCC)c1C)C(C)OC(CC)C(=O)NC. The van der Waals surface area contributed by atoms with Crippen molar-refractivity contribution in [3.63, 3.8) is 0 Å². The average Bonchev–Trinajstić information content (AvgIpc) is 2.65. The summed E-state index contributed by atoms with van der Waals surface area (Å²) in [4.78, 5) is 34.0. The maximum absolute atomic E-state index is 11.9. The molecule has 0 aliphatic rings. The van der Waals surface area contributed by atoms with Crippen molar-refractivity contribution >= 4 is 23.6 Å². The molecule has 9 nitrogen and oxygen atoms in total. The van der Waals surface area contributed by atoms with Gasteiger partial charge in [0.25, 0.3) is 0 Å². The van der Waals surface area contributed by atoms with Gasteiger partial charge in [-0.05, 0) is 34.1 Å². The molecule has 0 saturated carbocycles. The van der Waals surface area contributed by atoms with Crippen LogP contribution >= 0.6 is 0 Å². The van der Waals surface area contributed by atoms with Gasteiger partial charge < -0.3 is 20.3 Å². The zero-order valence-corrected chi connectivity index (χ0v) is 16.9. The van der Waals surface area contributed by atoms with Crippen molar-refractivity contribution in [2.24, 2.45) is 0 Å². The molecule has 0 aliphatic heterocycles. The monoisotopic (exact) mass is 378 g/mol. The molecule has 1 aromatic heterocycles. The van der Waals surface area contributed by atoms with E-state index in [-0.39, 0.29) is 11.9 Å². The number of carbonyl (C=O) groups excluding carboxylic acids is 2. The van der Waals surface area contributed by atoms with E-state index in [9.17, 15) is 9.59 Å². The second kappa shape index (κ2) is 11.1. The van der Waals surface area contributed by atoms with Crippen molar-refractivity contribution in [3.8, 4) is 0 Å². The topological polar surface area (TPSA) is 108 Å². The van der Waals surface area contributed by atoms with E-state index in [2.05, 4.69) is 25.9 Å². The van der Waals surface area contributed by atoms with Gasteiger partial charge in [0.2, 0.25) is 5.91 Å². The van der Waals surface area contributed by atoms with Crippen LogP contribution < -0.4 is 20.9 Å². The van der Waals surface area contributed by atoms with Crippen LogP contribution in [0.4, 0.5) is 16.4 Å². The zero-order valence-electron chi connectivity index (χ0n) is 16.9. The van der Waals surface area contributed by atoms with Gasteiger partial charge in [0.05, 0.1) is 0 Å². The van der Waals surface area contributed by atoms with Crippen molar-refractivity contribution < 1.29 is 14.3 Å². The summed E-state index contributed by atoms with van der Waals surface area (Å²) in [5.41, 5.74) is 0.685. The molecule has 0 radical (unpaired) electrons. The summed E-state index contributed by atoms with van der Waals surface area (Å²) in [6, 6.07) is -0.335. The normalized spacial score (nSPS) is 13.1. The Labute approximate surface area is 160 Å². The predicted molar refractivity (Wildman–Crippen MR) is 105 cm³/mol. The summed E-state index contributed by atoms with van der Waals surface area (Å²) in [6.45, 7) is 9.76. The number of nitrogens with zero attached hydrogens (tertiary/aromatic N) is 3. The minimum Gasteiger partial charge on any atom is -0.357 e. The van der Waals surface area contributed by atoms with Gasteiger partial charge in [0, 0.05) is 25.4 Å². The molecule has 27 heavy (non-hydrogen) atoms. The van der Waals surface area contributed by atoms with Gasteiger partial charge in [-0.25, -0.2) is 14.8 Å². The van der Waals surface area contributed by atoms with Gasteiger partial charge in [-0.15, -0.1) is 0 Å². The molecule has 0 saturated heterocycles. The summed E-state index contributed by atoms with van der Waals surface area (Å²) >= 11 is 0. The van der Waals surface area contributed by atoms with Gasteiger partial charge in [-0.1, -0.05) is 13.0 Å². The number of likely N-dealkylation sites (N-methyl/N-ethyl adjacent to an activating group) is 1. The average molecular weight is 378 g/mol. The van der Waals surface area contributed by atoms with Crippen molar-refractivity contribution in [1.29, 1.82) is 0 Å². The summed E-state index contributed by atoms with van der Waals surface area (Å²) in [5, 5.41) is 7.98. The first-order valence-electron chi connectivity index (χ1n) is 9.04. The molecule has 0 fully saturated rings. The fraction of sp³-hybridized carbons (Fsp3) is 0.556. The Morgan fingerprint density at radius 2 is 2.04 bits per heavy atom. The fourth-order valence-electron chi connectivity index (χ4n) is 2.47. The lowest BCUT2D eigenvalue weighted by atomic mass is 10.2. The van der Waals surface area contributed by atoms with Crippen LogP contribution in [0.5, 0.6) is 0 Å². The molecule has 0 spiro atoms. The first kappa shape index (κ1) is 22.4. The van der Waals surface area contributed by atoms with E-state index in [1.165, 1.54) is 6.33 Å². The minimum absolute atomic E-state index is 0.178. The smallest absolute Gasteiger partial charge is 0.320 e. The highest BCUT2D eigenvalue weighted by atomic mass is 16.5. The molecular formula is C18H30N6O3. The second-order valence-electron chi connectivity index (χ2n) is 5.79. The number of allylic oxidation sites excluding steroid dienone is 1. The zero-order chi connectivity index (χ0) is 20.4. The first-order valence-corrected chi connectivity index (χ1v) is 9.04. The molecule has 0 aromatic carbocycles. The van der Waals surface area contributed by atoms with Gasteiger partial charge in [-0.3, -0.25) is 10.1 Å². The van der Waals surface area contributed by atoms with E-state index >= 15 is 0 Å². The number of ether oxygens (including phenoxy) is 1. The minimum atomic E-state index is -0.576. The lowest BCUT2D eigenvalue weighted by Gasteiger charge is -2.30. The van der Waals surface area contributed by atoms with Crippen LogP contribution in [0.25, 0.3) is 0 Å². The van der Waals surface area contributed by atoms with E-state index in [0.717, 1.165) is 0 Å². The summed E-state index contributed by atoms with van der Waals surface area (Å²) in [5.74, 6) is 0.808. The Morgan fingerprint density at radius 3 is 2.59 bits per heavy atom. The van der Waals surface area contributed by atoms with Crippen molar-refractivity contribution in [2.75, 3.05) is 23.8 Å². The van der Waals surface area contributed by atoms with Crippen molar-refractivity contribution in [2.45, 2.75) is 53.4 Å². The summed E-state index contributed by atoms with van der Waals surface area (Å²) < 4.78 is 5.94. The third kappa shape index (κ3) is 6.21. The molecule has 0 bridgehead atoms. The van der Waals surface area contributed by atoms with E-state index in [1.807, 2.05) is 46.9 Å². The van der Waals surface area contributed by atoms with Crippen LogP contribution in [0.3, 0.4) is 0 Å². The van der Waals surface area contributed by atoms with Gasteiger partial charge in [-0.2, -0.15) is 0 Å². The summed E-state index contributed by atoms with van der Waals surface area (Å²) in [7, 11) is 1.58. The van der Waals surface area contributed by atoms with E-state index < -0.39 is 12.3 Å². The summed E-state index contributed by atoms with van der Waals surface area (Å²) in [6.07, 6.45) is 4.54. The molecule has 2 unspecified atom stereocenters. The second-order valence-corrected chi connectivity index (χ2v) is 5.79. The number of anilines is 2. The Bertz CT molecular complexity index is 664. The molecule has 1 heterocycles. The van der Waals surface area contributed by atoms with Crippen LogP contribution in [0.15, 0.2) is 18.6 Å². The number of hydrogen-bond donors (Lipinski definition) is 3. The van der Waals surface area contributed by atoms with Gasteiger partial charge in [0.1, 0.15) is 30.3 Å². The molecule has 9 heteroatoms. The van der Waals surface area contributed by atoms with Gasteiger partial charge in [0.15, 0.2) is 0 Å². The highest BCUT2D eigenvalue weighted by molar-refractivity contribution is 5.89. The highest BCUT2D eigenvalue weighted by Gasteiger charge is 2.24. The molecule has 3 N–H and O–H groups in total. The Morgan fingerprint density at radius 1 is 1.33 bits per heavy atom. The molecule has 0 aliphatic carbocycles. The molecule has 3 amide bonds. The van der Waals surface area contributed by atoms with Crippen molar-refractivity contribution in [3.05, 3.63) is 24.2 Å². The highest BCUT2D eigenvalue weighted by Crippen LogP contribution is 2.25. The maximum atomic E-state index is 11.9. The number of rotatable bonds is 9. The maximum Gasteiger partial charge on any atom is 0.320 e. The molecule has 1 aromatic rings. The standard InChI is InChI=1S/C18H30N6O3/c1-7-10-24(13(5)27-14(8-2)17(25)19-6)16-12(4)15(21-11-22-16)23-18(26)20-9-3/h7,10-11,13-14H,8-9H2,1-6H3,(H,19,25)(H2,20,21,22,23,26)/b10-7+. The molecular weight excluding hydrogens is 348 g/mol. The third-order valence-electron chi connectivity index (χ3n) is 3.84. The Kier molecular flexibility index (Phi) is 9.21. The Balaban J connectivity index is 3.12. The number of nitrogens with one attached hydrogen (secondary N) is 3. The predicted octanol–water partition coefficient (Wildman–Crippen LogP) is 2.15. The lowest BCUT2D eigenvalue weighted by molar-refractivity contribution is -0.135. The molecule has 2 atom stereocenters. The quantitative estimate of drug-likeness (QED) is 0.568. The van der Waals surface area contributed by atoms with Crippen molar-refractivity contribution in [1.82, 2.24) is 20.6 Å². The van der Waals surface area contributed by atoms with Crippen LogP contribution in [0, 0.1) is 6.92 Å². The molecule has 150 valence electrons. The number of amides is 3. The Hall–Kier alpha value is -2.68. The molecule has 1 rings (SSSR count). The van der Waals surface area contributed by atoms with Crippen LogP contribution in [0.2, 0.25) is 0 Å². The largest absolute Gasteiger partial charge is 0.357 e. The fourth-order valence-corrected chi connectivity index (χ4v) is 2.47. The first-order chi connectivity index (χ1) is 12.9. The lowest BCUT2D eigenvalue weighted by Crippen LogP contribution is -2.41. The van der Waals surface area contributed by atoms with E-state index in [0.29, 0.717) is 30.2 Å². The van der Waals surface area contributed by atoms with Crippen LogP contribution in [-0.2, 0) is 9.53 Å². The number of hydrogen-bond acceptors (Lipinski definition) is 6. The van der Waals surface area contributed by atoms with Gasteiger partial charge >= 0.3 is 6.03 Å². The third-order valence-corrected chi connectivity index (χ3v) is 3.84. The number of urea groups is 1. The van der Waals surface area contributed by atoms with Crippen LogP contribution in [0.1, 0.15) is 39.7 Å². The van der Waals surface area contributed by atoms with E-state index in [4.69, 9.17) is 4.74 Å². The van der Waals surface area contributed by atoms with E-state index in [1.54, 1.807) is 11.9 Å². The number of carbonyl (C=O) groups is 2. The van der Waals surface area contributed by atoms with Crippen LogP contribution in [-0.4, -0.2) is 47.8 Å².